The van der Waals surface area contributed by atoms with Crippen LogP contribution in [0.2, 0.25) is 0 Å². The number of hydrogen-bond acceptors (Lipinski definition) is 4. The van der Waals surface area contributed by atoms with E-state index in [1.54, 1.807) is 7.05 Å². The van der Waals surface area contributed by atoms with Gasteiger partial charge in [0, 0.05) is 0 Å². The first kappa shape index (κ1) is 15.3. The summed E-state index contributed by atoms with van der Waals surface area (Å²) in [5, 5.41) is 11.4. The molecule has 0 radical (unpaired) electrons. The number of hydrogen-bond donors (Lipinski definition) is 5. The van der Waals surface area contributed by atoms with Gasteiger partial charge in [-0.25, -0.2) is 0 Å². The van der Waals surface area contributed by atoms with Crippen LogP contribution < -0.4 is 11.1 Å². The molecule has 0 bridgehead atoms. The second-order valence-corrected chi connectivity index (χ2v) is 5.01. The van der Waals surface area contributed by atoms with Crippen molar-refractivity contribution in [1.82, 2.24) is 5.32 Å². The molecule has 1 unspecified atom stereocenters. The third kappa shape index (κ3) is 7.56. The second kappa shape index (κ2) is 6.78. The van der Waals surface area contributed by atoms with Crippen molar-refractivity contribution in [2.75, 3.05) is 19.8 Å². The molecule has 0 saturated heterocycles. The summed E-state index contributed by atoms with van der Waals surface area (Å²) in [5.74, 6) is -1.23. The SMILES string of the molecule is CNCC/C(=C/C(N)C(=O)O)CP(=O)(O)O. The van der Waals surface area contributed by atoms with Crippen molar-refractivity contribution in [3.63, 3.8) is 0 Å². The van der Waals surface area contributed by atoms with Gasteiger partial charge in [0.15, 0.2) is 0 Å². The molecular weight excluding hydrogens is 235 g/mol. The third-order valence-electron chi connectivity index (χ3n) is 1.81. The van der Waals surface area contributed by atoms with Crippen LogP contribution in [0.3, 0.4) is 0 Å². The van der Waals surface area contributed by atoms with Gasteiger partial charge in [-0.2, -0.15) is 0 Å². The number of nitrogens with one attached hydrogen (secondary N) is 1. The highest BCUT2D eigenvalue weighted by atomic mass is 31.2. The van der Waals surface area contributed by atoms with Gasteiger partial charge in [0.2, 0.25) is 0 Å². The Balaban J connectivity index is 4.65. The first-order chi connectivity index (χ1) is 7.26. The zero-order chi connectivity index (χ0) is 12.8. The Morgan fingerprint density at radius 2 is 2.12 bits per heavy atom. The molecule has 0 rings (SSSR count). The summed E-state index contributed by atoms with van der Waals surface area (Å²) in [6, 6.07) is -1.24. The summed E-state index contributed by atoms with van der Waals surface area (Å²) >= 11 is 0. The van der Waals surface area contributed by atoms with E-state index in [2.05, 4.69) is 5.32 Å². The quantitative estimate of drug-likeness (QED) is 0.293. The molecule has 16 heavy (non-hydrogen) atoms. The fourth-order valence-electron chi connectivity index (χ4n) is 1.09. The maximum absolute atomic E-state index is 10.8. The summed E-state index contributed by atoms with van der Waals surface area (Å²) < 4.78 is 10.8. The average molecular weight is 252 g/mol. The Kier molecular flexibility index (Phi) is 6.47. The molecule has 0 saturated carbocycles. The molecule has 0 aliphatic rings. The van der Waals surface area contributed by atoms with Crippen LogP contribution in [0, 0.1) is 0 Å². The summed E-state index contributed by atoms with van der Waals surface area (Å²) in [6.07, 6.45) is 1.07. The predicted molar refractivity (Wildman–Crippen MR) is 59.1 cm³/mol. The van der Waals surface area contributed by atoms with Crippen LogP contribution in [-0.2, 0) is 9.36 Å². The number of carboxylic acids is 1. The maximum atomic E-state index is 10.8. The first-order valence-corrected chi connectivity index (χ1v) is 6.43. The van der Waals surface area contributed by atoms with E-state index < -0.39 is 25.8 Å². The smallest absolute Gasteiger partial charge is 0.329 e. The van der Waals surface area contributed by atoms with Crippen molar-refractivity contribution in [3.05, 3.63) is 11.6 Å². The molecule has 7 nitrogen and oxygen atoms in total. The molecule has 0 amide bonds. The van der Waals surface area contributed by atoms with Crippen LogP contribution in [0.5, 0.6) is 0 Å². The molecule has 6 N–H and O–H groups in total. The van der Waals surface area contributed by atoms with Crippen LogP contribution in [0.15, 0.2) is 11.6 Å². The lowest BCUT2D eigenvalue weighted by Crippen LogP contribution is -2.28. The summed E-state index contributed by atoms with van der Waals surface area (Å²) in [5.41, 5.74) is 5.60. The largest absolute Gasteiger partial charge is 0.480 e. The Morgan fingerprint density at radius 3 is 2.50 bits per heavy atom. The van der Waals surface area contributed by atoms with Crippen molar-refractivity contribution in [2.45, 2.75) is 12.5 Å². The van der Waals surface area contributed by atoms with Crippen LogP contribution in [0.1, 0.15) is 6.42 Å². The number of aliphatic carboxylic acids is 1. The van der Waals surface area contributed by atoms with Gasteiger partial charge in [0.1, 0.15) is 6.04 Å². The lowest BCUT2D eigenvalue weighted by atomic mass is 10.1. The van der Waals surface area contributed by atoms with E-state index in [9.17, 15) is 9.36 Å². The number of carbonyl (C=O) groups is 1. The average Bonchev–Trinajstić information content (AvgIpc) is 2.11. The number of nitrogens with two attached hydrogens (primary N) is 1. The Labute approximate surface area is 93.5 Å². The van der Waals surface area contributed by atoms with Crippen molar-refractivity contribution < 1.29 is 24.3 Å². The first-order valence-electron chi connectivity index (χ1n) is 4.63. The molecular formula is C8H17N2O5P. The van der Waals surface area contributed by atoms with Gasteiger partial charge in [-0.1, -0.05) is 11.6 Å². The van der Waals surface area contributed by atoms with Crippen LogP contribution in [0.25, 0.3) is 0 Å². The Bertz CT molecular complexity index is 312. The van der Waals surface area contributed by atoms with Crippen molar-refractivity contribution in [1.29, 1.82) is 0 Å². The van der Waals surface area contributed by atoms with E-state index in [1.807, 2.05) is 0 Å². The lowest BCUT2D eigenvalue weighted by Gasteiger charge is -2.10. The van der Waals surface area contributed by atoms with Gasteiger partial charge < -0.3 is 25.9 Å². The summed E-state index contributed by atoms with van der Waals surface area (Å²) in [7, 11) is -2.51. The highest BCUT2D eigenvalue weighted by molar-refractivity contribution is 7.52. The lowest BCUT2D eigenvalue weighted by molar-refractivity contribution is -0.137. The molecule has 0 aromatic heterocycles. The fourth-order valence-corrected chi connectivity index (χ4v) is 1.88. The van der Waals surface area contributed by atoms with Crippen LogP contribution >= 0.6 is 7.60 Å². The minimum atomic E-state index is -4.19. The normalized spacial score (nSPS) is 14.9. The van der Waals surface area contributed by atoms with Crippen molar-refractivity contribution in [3.8, 4) is 0 Å². The Morgan fingerprint density at radius 1 is 1.56 bits per heavy atom. The minimum Gasteiger partial charge on any atom is -0.480 e. The predicted octanol–water partition coefficient (Wildman–Crippen LogP) is -0.888. The molecule has 1 atom stereocenters. The molecule has 0 spiro atoms. The van der Waals surface area contributed by atoms with E-state index in [-0.39, 0.29) is 0 Å². The summed E-state index contributed by atoms with van der Waals surface area (Å²) in [4.78, 5) is 28.1. The number of carboxylic acid groups (broad SMARTS) is 1. The standard InChI is InChI=1S/C8H17N2O5P/c1-10-3-2-6(5-16(13,14)15)4-7(9)8(11)12/h4,7,10H,2-3,5,9H2,1H3,(H,11,12)(H2,13,14,15)/b6-4-. The van der Waals surface area contributed by atoms with E-state index >= 15 is 0 Å². The van der Waals surface area contributed by atoms with Gasteiger partial charge in [0.25, 0.3) is 0 Å². The maximum Gasteiger partial charge on any atom is 0.329 e. The zero-order valence-electron chi connectivity index (χ0n) is 8.96. The highest BCUT2D eigenvalue weighted by Crippen LogP contribution is 2.37. The molecule has 0 fully saturated rings. The van der Waals surface area contributed by atoms with E-state index in [0.29, 0.717) is 18.5 Å². The van der Waals surface area contributed by atoms with Gasteiger partial charge >= 0.3 is 13.6 Å². The van der Waals surface area contributed by atoms with E-state index in [1.165, 1.54) is 6.08 Å². The topological polar surface area (TPSA) is 133 Å². The molecule has 0 heterocycles. The molecule has 0 aromatic carbocycles. The number of rotatable bonds is 7. The van der Waals surface area contributed by atoms with Crippen LogP contribution in [-0.4, -0.2) is 46.7 Å². The fraction of sp³-hybridized carbons (Fsp3) is 0.625. The molecule has 94 valence electrons. The third-order valence-corrected chi connectivity index (χ3v) is 2.62. The van der Waals surface area contributed by atoms with Crippen molar-refractivity contribution in [2.24, 2.45) is 5.73 Å². The van der Waals surface area contributed by atoms with Gasteiger partial charge in [-0.3, -0.25) is 9.36 Å². The second-order valence-electron chi connectivity index (χ2n) is 3.37. The Hall–Kier alpha value is -0.720. The molecule has 8 heteroatoms. The molecule has 0 aliphatic carbocycles. The minimum absolute atomic E-state index is 0.345. The van der Waals surface area contributed by atoms with Crippen LogP contribution in [0.4, 0.5) is 0 Å². The zero-order valence-corrected chi connectivity index (χ0v) is 9.85. The molecule has 0 aromatic rings. The van der Waals surface area contributed by atoms with Gasteiger partial charge in [0.05, 0.1) is 6.16 Å². The highest BCUT2D eigenvalue weighted by Gasteiger charge is 2.18. The van der Waals surface area contributed by atoms with E-state index in [0.717, 1.165) is 0 Å². The monoisotopic (exact) mass is 252 g/mol. The van der Waals surface area contributed by atoms with Gasteiger partial charge in [-0.05, 0) is 20.0 Å². The molecule has 0 aliphatic heterocycles. The van der Waals surface area contributed by atoms with Gasteiger partial charge in [-0.15, -0.1) is 0 Å². The van der Waals surface area contributed by atoms with Crippen molar-refractivity contribution >= 4 is 13.6 Å². The summed E-state index contributed by atoms with van der Waals surface area (Å²) in [6.45, 7) is 0.498. The van der Waals surface area contributed by atoms with E-state index in [4.69, 9.17) is 20.6 Å².